The molecule has 0 bridgehead atoms. The van der Waals surface area contributed by atoms with Gasteiger partial charge in [-0.3, -0.25) is 9.98 Å². The topological polar surface area (TPSA) is 67.8 Å². The van der Waals surface area contributed by atoms with Crippen molar-refractivity contribution in [1.29, 1.82) is 0 Å². The van der Waals surface area contributed by atoms with E-state index in [2.05, 4.69) is 26.7 Å². The fraction of sp³-hybridized carbons (Fsp3) is 0.273. The van der Waals surface area contributed by atoms with E-state index in [-0.39, 0.29) is 6.10 Å². The van der Waals surface area contributed by atoms with Crippen molar-refractivity contribution in [1.82, 2.24) is 15.6 Å². The summed E-state index contributed by atoms with van der Waals surface area (Å²) in [6, 6.07) is 17.7. The van der Waals surface area contributed by atoms with Crippen LogP contribution in [0.25, 0.3) is 10.9 Å². The number of pyridine rings is 1. The summed E-state index contributed by atoms with van der Waals surface area (Å²) in [5.41, 5.74) is 2.17. The summed E-state index contributed by atoms with van der Waals surface area (Å²) >= 11 is 0. The number of hydrogen-bond donors (Lipinski definition) is 2. The normalized spacial score (nSPS) is 12.5. The molecule has 1 atom stereocenters. The third kappa shape index (κ3) is 5.13. The van der Waals surface area contributed by atoms with E-state index < -0.39 is 0 Å². The van der Waals surface area contributed by atoms with Gasteiger partial charge in [0.2, 0.25) is 0 Å². The number of ether oxygens (including phenoxy) is 2. The van der Waals surface area contributed by atoms with Crippen molar-refractivity contribution in [3.05, 3.63) is 66.4 Å². The zero-order valence-corrected chi connectivity index (χ0v) is 16.5. The molecular formula is C22H26N4O2. The first kappa shape index (κ1) is 19.5. The Morgan fingerprint density at radius 1 is 1.07 bits per heavy atom. The highest BCUT2D eigenvalue weighted by molar-refractivity contribution is 5.83. The van der Waals surface area contributed by atoms with Gasteiger partial charge in [0.05, 0.1) is 19.2 Å². The monoisotopic (exact) mass is 378 g/mol. The second-order valence-corrected chi connectivity index (χ2v) is 6.40. The number of para-hydroxylation sites is 1. The zero-order chi connectivity index (χ0) is 19.8. The highest BCUT2D eigenvalue weighted by Crippen LogP contribution is 2.20. The number of benzene rings is 2. The van der Waals surface area contributed by atoms with E-state index in [1.54, 1.807) is 14.2 Å². The Balaban J connectivity index is 1.53. The van der Waals surface area contributed by atoms with Gasteiger partial charge in [0.1, 0.15) is 17.6 Å². The Labute approximate surface area is 165 Å². The Kier molecular flexibility index (Phi) is 6.68. The summed E-state index contributed by atoms with van der Waals surface area (Å²) in [6.07, 6.45) is 1.80. The SMILES string of the molecule is CN=C(NCc1ccnc2ccccc12)NCC(C)Oc1cccc(OC)c1. The van der Waals surface area contributed by atoms with Crippen LogP contribution in [-0.4, -0.2) is 37.7 Å². The first-order valence-electron chi connectivity index (χ1n) is 9.27. The van der Waals surface area contributed by atoms with Crippen LogP contribution < -0.4 is 20.1 Å². The number of nitrogens with zero attached hydrogens (tertiary/aromatic N) is 2. The Hall–Kier alpha value is -3.28. The van der Waals surface area contributed by atoms with E-state index in [4.69, 9.17) is 9.47 Å². The van der Waals surface area contributed by atoms with Crippen LogP contribution >= 0.6 is 0 Å². The molecule has 2 N–H and O–H groups in total. The van der Waals surface area contributed by atoms with E-state index >= 15 is 0 Å². The summed E-state index contributed by atoms with van der Waals surface area (Å²) in [4.78, 5) is 8.69. The van der Waals surface area contributed by atoms with Gasteiger partial charge in [-0.2, -0.15) is 0 Å². The average molecular weight is 378 g/mol. The summed E-state index contributed by atoms with van der Waals surface area (Å²) < 4.78 is 11.2. The van der Waals surface area contributed by atoms with Gasteiger partial charge < -0.3 is 20.1 Å². The molecule has 3 rings (SSSR count). The van der Waals surface area contributed by atoms with Crippen LogP contribution in [0.5, 0.6) is 11.5 Å². The lowest BCUT2D eigenvalue weighted by Gasteiger charge is -2.18. The maximum atomic E-state index is 5.94. The lowest BCUT2D eigenvalue weighted by molar-refractivity contribution is 0.223. The van der Waals surface area contributed by atoms with E-state index in [0.29, 0.717) is 13.1 Å². The molecule has 146 valence electrons. The summed E-state index contributed by atoms with van der Waals surface area (Å²) in [7, 11) is 3.40. The van der Waals surface area contributed by atoms with Crippen molar-refractivity contribution in [3.63, 3.8) is 0 Å². The first-order chi connectivity index (χ1) is 13.7. The van der Waals surface area contributed by atoms with E-state index in [9.17, 15) is 0 Å². The molecule has 28 heavy (non-hydrogen) atoms. The van der Waals surface area contributed by atoms with Gasteiger partial charge >= 0.3 is 0 Å². The van der Waals surface area contributed by atoms with Gasteiger partial charge in [-0.1, -0.05) is 24.3 Å². The second-order valence-electron chi connectivity index (χ2n) is 6.40. The predicted octanol–water partition coefficient (Wildman–Crippen LogP) is 3.38. The molecule has 0 aliphatic rings. The quantitative estimate of drug-likeness (QED) is 0.487. The molecule has 6 nitrogen and oxygen atoms in total. The molecule has 1 unspecified atom stereocenters. The van der Waals surface area contributed by atoms with Crippen LogP contribution in [0.2, 0.25) is 0 Å². The summed E-state index contributed by atoms with van der Waals surface area (Å²) in [5, 5.41) is 7.80. The van der Waals surface area contributed by atoms with Gasteiger partial charge in [0, 0.05) is 31.2 Å². The highest BCUT2D eigenvalue weighted by atomic mass is 16.5. The number of aromatic nitrogens is 1. The highest BCUT2D eigenvalue weighted by Gasteiger charge is 2.07. The molecule has 6 heteroatoms. The minimum Gasteiger partial charge on any atom is -0.497 e. The van der Waals surface area contributed by atoms with Crippen molar-refractivity contribution in [3.8, 4) is 11.5 Å². The molecule has 0 aliphatic heterocycles. The van der Waals surface area contributed by atoms with Crippen molar-refractivity contribution in [2.45, 2.75) is 19.6 Å². The molecule has 0 fully saturated rings. The molecular weight excluding hydrogens is 352 g/mol. The maximum absolute atomic E-state index is 5.94. The number of guanidine groups is 1. The number of hydrogen-bond acceptors (Lipinski definition) is 4. The van der Waals surface area contributed by atoms with Crippen LogP contribution in [0, 0.1) is 0 Å². The number of methoxy groups -OCH3 is 1. The third-order valence-electron chi connectivity index (χ3n) is 4.34. The largest absolute Gasteiger partial charge is 0.497 e. The first-order valence-corrected chi connectivity index (χ1v) is 9.27. The molecule has 1 heterocycles. The van der Waals surface area contributed by atoms with Gasteiger partial charge in [-0.25, -0.2) is 0 Å². The van der Waals surface area contributed by atoms with Crippen LogP contribution in [0.15, 0.2) is 65.8 Å². The number of nitrogens with one attached hydrogen (secondary N) is 2. The molecule has 0 spiro atoms. The lowest BCUT2D eigenvalue weighted by Crippen LogP contribution is -2.41. The fourth-order valence-corrected chi connectivity index (χ4v) is 2.90. The molecule has 3 aromatic rings. The zero-order valence-electron chi connectivity index (χ0n) is 16.5. The fourth-order valence-electron chi connectivity index (χ4n) is 2.90. The van der Waals surface area contributed by atoms with Crippen LogP contribution in [0.3, 0.4) is 0 Å². The minimum atomic E-state index is -0.0348. The lowest BCUT2D eigenvalue weighted by atomic mass is 10.1. The molecule has 0 aliphatic carbocycles. The predicted molar refractivity (Wildman–Crippen MR) is 113 cm³/mol. The van der Waals surface area contributed by atoms with Gasteiger partial charge in [0.15, 0.2) is 5.96 Å². The summed E-state index contributed by atoms with van der Waals surface area (Å²) in [6.45, 7) is 3.29. The maximum Gasteiger partial charge on any atom is 0.191 e. The van der Waals surface area contributed by atoms with E-state index in [1.807, 2.05) is 61.7 Å². The number of fused-ring (bicyclic) bond motifs is 1. The van der Waals surface area contributed by atoms with Crippen LogP contribution in [0.4, 0.5) is 0 Å². The van der Waals surface area contributed by atoms with Gasteiger partial charge in [0.25, 0.3) is 0 Å². The molecule has 2 aromatic carbocycles. The van der Waals surface area contributed by atoms with Crippen molar-refractivity contribution >= 4 is 16.9 Å². The van der Waals surface area contributed by atoms with E-state index in [0.717, 1.165) is 28.4 Å². The number of rotatable bonds is 7. The van der Waals surface area contributed by atoms with Crippen molar-refractivity contribution in [2.24, 2.45) is 4.99 Å². The van der Waals surface area contributed by atoms with Crippen LogP contribution in [-0.2, 0) is 6.54 Å². The Bertz CT molecular complexity index is 937. The molecule has 1 aromatic heterocycles. The average Bonchev–Trinajstić information content (AvgIpc) is 2.74. The van der Waals surface area contributed by atoms with Crippen molar-refractivity contribution < 1.29 is 9.47 Å². The van der Waals surface area contributed by atoms with E-state index in [1.165, 1.54) is 5.56 Å². The van der Waals surface area contributed by atoms with Crippen molar-refractivity contribution in [2.75, 3.05) is 20.7 Å². The molecule has 0 radical (unpaired) electrons. The molecule has 0 saturated carbocycles. The molecule has 0 amide bonds. The Morgan fingerprint density at radius 2 is 1.89 bits per heavy atom. The standard InChI is InChI=1S/C22H26N4O2/c1-16(28-19-8-6-7-18(13-19)27-3)14-25-22(23-2)26-15-17-11-12-24-21-10-5-4-9-20(17)21/h4-13,16H,14-15H2,1-3H3,(H2,23,25,26). The Morgan fingerprint density at radius 3 is 2.71 bits per heavy atom. The van der Waals surface area contributed by atoms with Crippen LogP contribution in [0.1, 0.15) is 12.5 Å². The minimum absolute atomic E-state index is 0.0348. The second kappa shape index (κ2) is 9.60. The van der Waals surface area contributed by atoms with Gasteiger partial charge in [-0.05, 0) is 36.8 Å². The summed E-state index contributed by atoms with van der Waals surface area (Å²) in [5.74, 6) is 2.28. The van der Waals surface area contributed by atoms with Gasteiger partial charge in [-0.15, -0.1) is 0 Å². The number of aliphatic imine (C=N–C) groups is 1. The third-order valence-corrected chi connectivity index (χ3v) is 4.34. The smallest absolute Gasteiger partial charge is 0.191 e. The molecule has 0 saturated heterocycles.